The van der Waals surface area contributed by atoms with Gasteiger partial charge in [0.1, 0.15) is 5.75 Å². The lowest BCUT2D eigenvalue weighted by atomic mass is 10.1. The first kappa shape index (κ1) is 13.7. The Hall–Kier alpha value is -1.75. The third-order valence-corrected chi connectivity index (χ3v) is 3.38. The van der Waals surface area contributed by atoms with Crippen LogP contribution in [0.15, 0.2) is 18.2 Å². The summed E-state index contributed by atoms with van der Waals surface area (Å²) in [4.78, 5) is 12.1. The molecule has 1 aliphatic heterocycles. The lowest BCUT2D eigenvalue weighted by Gasteiger charge is -2.20. The van der Waals surface area contributed by atoms with Crippen molar-refractivity contribution in [3.8, 4) is 5.75 Å². The van der Waals surface area contributed by atoms with E-state index in [-0.39, 0.29) is 18.1 Å². The van der Waals surface area contributed by atoms with Crippen molar-refractivity contribution in [2.75, 3.05) is 19.5 Å². The average molecular weight is 264 g/mol. The minimum atomic E-state index is -0.138. The van der Waals surface area contributed by atoms with Crippen LogP contribution in [0, 0.1) is 0 Å². The van der Waals surface area contributed by atoms with E-state index in [4.69, 9.17) is 15.2 Å². The van der Waals surface area contributed by atoms with E-state index in [1.807, 2.05) is 6.92 Å². The number of carbonyl (C=O) groups is 1. The molecule has 104 valence electrons. The van der Waals surface area contributed by atoms with Gasteiger partial charge in [-0.1, -0.05) is 0 Å². The highest BCUT2D eigenvalue weighted by Gasteiger charge is 2.24. The molecule has 5 nitrogen and oxygen atoms in total. The summed E-state index contributed by atoms with van der Waals surface area (Å²) in [6.07, 6.45) is 2.16. The number of rotatable bonds is 4. The second kappa shape index (κ2) is 5.93. The normalized spacial score (nSPS) is 20.0. The monoisotopic (exact) mass is 264 g/mol. The van der Waals surface area contributed by atoms with E-state index >= 15 is 0 Å². The number of amides is 1. The molecule has 19 heavy (non-hydrogen) atoms. The topological polar surface area (TPSA) is 73.6 Å². The maximum Gasteiger partial charge on any atom is 0.251 e. The van der Waals surface area contributed by atoms with Crippen LogP contribution in [0.5, 0.6) is 5.75 Å². The van der Waals surface area contributed by atoms with Crippen LogP contribution >= 0.6 is 0 Å². The zero-order valence-corrected chi connectivity index (χ0v) is 11.3. The van der Waals surface area contributed by atoms with E-state index in [0.717, 1.165) is 19.4 Å². The van der Waals surface area contributed by atoms with Crippen molar-refractivity contribution in [3.05, 3.63) is 23.8 Å². The van der Waals surface area contributed by atoms with E-state index < -0.39 is 0 Å². The van der Waals surface area contributed by atoms with Crippen LogP contribution in [0.1, 0.15) is 30.1 Å². The maximum atomic E-state index is 12.1. The van der Waals surface area contributed by atoms with E-state index in [9.17, 15) is 4.79 Å². The number of ether oxygens (including phenoxy) is 2. The third-order valence-electron chi connectivity index (χ3n) is 3.38. The molecule has 0 saturated carbocycles. The molecule has 2 atom stereocenters. The molecule has 1 aromatic carbocycles. The van der Waals surface area contributed by atoms with E-state index in [0.29, 0.717) is 17.0 Å². The van der Waals surface area contributed by atoms with Crippen LogP contribution in [0.2, 0.25) is 0 Å². The number of nitrogens with one attached hydrogen (secondary N) is 1. The van der Waals surface area contributed by atoms with Crippen LogP contribution in [0.4, 0.5) is 5.69 Å². The molecular formula is C14H20N2O3. The van der Waals surface area contributed by atoms with Gasteiger partial charge < -0.3 is 20.5 Å². The summed E-state index contributed by atoms with van der Waals surface area (Å²) in [5.41, 5.74) is 6.78. The molecule has 1 amide bonds. The number of benzene rings is 1. The van der Waals surface area contributed by atoms with E-state index in [1.165, 1.54) is 7.11 Å². The molecular weight excluding hydrogens is 244 g/mol. The van der Waals surface area contributed by atoms with Crippen molar-refractivity contribution in [2.45, 2.75) is 31.9 Å². The van der Waals surface area contributed by atoms with E-state index in [1.54, 1.807) is 18.2 Å². The lowest BCUT2D eigenvalue weighted by molar-refractivity contribution is 0.0712. The van der Waals surface area contributed by atoms with Gasteiger partial charge in [0.2, 0.25) is 0 Å². The summed E-state index contributed by atoms with van der Waals surface area (Å²) in [6, 6.07) is 5.01. The standard InChI is InChI=1S/C14H20N2O3/c1-9(12-4-3-7-19-12)16-14(17)10-5-6-11(15)13(8-10)18-2/h5-6,8-9,12H,3-4,7,15H2,1-2H3,(H,16,17). The fourth-order valence-corrected chi connectivity index (χ4v) is 2.23. The molecule has 3 N–H and O–H groups in total. The Labute approximate surface area is 113 Å². The summed E-state index contributed by atoms with van der Waals surface area (Å²) >= 11 is 0. The predicted molar refractivity (Wildman–Crippen MR) is 73.3 cm³/mol. The Balaban J connectivity index is 2.02. The second-order valence-corrected chi connectivity index (χ2v) is 4.77. The van der Waals surface area contributed by atoms with Crippen molar-refractivity contribution in [3.63, 3.8) is 0 Å². The first-order chi connectivity index (χ1) is 9.11. The van der Waals surface area contributed by atoms with Crippen molar-refractivity contribution < 1.29 is 14.3 Å². The largest absolute Gasteiger partial charge is 0.495 e. The molecule has 0 radical (unpaired) electrons. The van der Waals surface area contributed by atoms with Gasteiger partial charge in [-0.15, -0.1) is 0 Å². The van der Waals surface area contributed by atoms with Gasteiger partial charge in [0.15, 0.2) is 0 Å². The van der Waals surface area contributed by atoms with Crippen molar-refractivity contribution in [2.24, 2.45) is 0 Å². The highest BCUT2D eigenvalue weighted by atomic mass is 16.5. The Morgan fingerprint density at radius 2 is 2.37 bits per heavy atom. The summed E-state index contributed by atoms with van der Waals surface area (Å²) in [5.74, 6) is 0.374. The van der Waals surface area contributed by atoms with Gasteiger partial charge in [0.05, 0.1) is 24.9 Å². The number of nitrogens with two attached hydrogens (primary N) is 1. The molecule has 0 aliphatic carbocycles. The minimum absolute atomic E-state index is 0.00134. The first-order valence-corrected chi connectivity index (χ1v) is 6.48. The molecule has 1 saturated heterocycles. The molecule has 0 bridgehead atoms. The Kier molecular flexibility index (Phi) is 4.27. The fourth-order valence-electron chi connectivity index (χ4n) is 2.23. The zero-order valence-electron chi connectivity index (χ0n) is 11.3. The van der Waals surface area contributed by atoms with Crippen molar-refractivity contribution >= 4 is 11.6 Å². The van der Waals surface area contributed by atoms with Crippen molar-refractivity contribution in [1.82, 2.24) is 5.32 Å². The van der Waals surface area contributed by atoms with Gasteiger partial charge in [-0.2, -0.15) is 0 Å². The Morgan fingerprint density at radius 1 is 1.58 bits per heavy atom. The molecule has 2 unspecified atom stereocenters. The molecule has 1 aromatic rings. The molecule has 1 aliphatic rings. The Bertz CT molecular complexity index is 456. The quantitative estimate of drug-likeness (QED) is 0.810. The summed E-state index contributed by atoms with van der Waals surface area (Å²) < 4.78 is 10.7. The second-order valence-electron chi connectivity index (χ2n) is 4.77. The molecule has 2 rings (SSSR count). The number of methoxy groups -OCH3 is 1. The van der Waals surface area contributed by atoms with Crippen molar-refractivity contribution in [1.29, 1.82) is 0 Å². The molecule has 1 heterocycles. The summed E-state index contributed by atoms with van der Waals surface area (Å²) in [6.45, 7) is 2.74. The van der Waals surface area contributed by atoms with Gasteiger partial charge in [0, 0.05) is 12.2 Å². The van der Waals surface area contributed by atoms with Gasteiger partial charge >= 0.3 is 0 Å². The molecule has 1 fully saturated rings. The zero-order chi connectivity index (χ0) is 13.8. The number of hydrogen-bond acceptors (Lipinski definition) is 4. The number of hydrogen-bond donors (Lipinski definition) is 2. The predicted octanol–water partition coefficient (Wildman–Crippen LogP) is 1.57. The third kappa shape index (κ3) is 3.17. The summed E-state index contributed by atoms with van der Waals surface area (Å²) in [5, 5.41) is 2.95. The maximum absolute atomic E-state index is 12.1. The SMILES string of the molecule is COc1cc(C(=O)NC(C)C2CCCO2)ccc1N. The van der Waals surface area contributed by atoms with Crippen LogP contribution in [0.25, 0.3) is 0 Å². The first-order valence-electron chi connectivity index (χ1n) is 6.48. The van der Waals surface area contributed by atoms with Gasteiger partial charge in [0.25, 0.3) is 5.91 Å². The number of anilines is 1. The van der Waals surface area contributed by atoms with Crippen LogP contribution < -0.4 is 15.8 Å². The Morgan fingerprint density at radius 3 is 3.00 bits per heavy atom. The molecule has 0 aromatic heterocycles. The highest BCUT2D eigenvalue weighted by molar-refractivity contribution is 5.95. The summed E-state index contributed by atoms with van der Waals surface area (Å²) in [7, 11) is 1.53. The molecule has 0 spiro atoms. The van der Waals surface area contributed by atoms with Crippen LogP contribution in [-0.2, 0) is 4.74 Å². The van der Waals surface area contributed by atoms with Gasteiger partial charge in [-0.3, -0.25) is 4.79 Å². The van der Waals surface area contributed by atoms with Crippen LogP contribution in [0.3, 0.4) is 0 Å². The van der Waals surface area contributed by atoms with Gasteiger partial charge in [-0.25, -0.2) is 0 Å². The van der Waals surface area contributed by atoms with Crippen LogP contribution in [-0.4, -0.2) is 31.8 Å². The fraction of sp³-hybridized carbons (Fsp3) is 0.500. The van der Waals surface area contributed by atoms with Gasteiger partial charge in [-0.05, 0) is 38.0 Å². The lowest BCUT2D eigenvalue weighted by Crippen LogP contribution is -2.40. The van der Waals surface area contributed by atoms with E-state index in [2.05, 4.69) is 5.32 Å². The number of nitrogen functional groups attached to an aromatic ring is 1. The average Bonchev–Trinajstić information content (AvgIpc) is 2.93. The molecule has 5 heteroatoms. The smallest absolute Gasteiger partial charge is 0.251 e. The number of carbonyl (C=O) groups excluding carboxylic acids is 1. The highest BCUT2D eigenvalue weighted by Crippen LogP contribution is 2.22. The minimum Gasteiger partial charge on any atom is -0.495 e.